The molecule has 1 atom stereocenters. The van der Waals surface area contributed by atoms with Gasteiger partial charge in [-0.2, -0.15) is 8.78 Å². The number of halogens is 2. The van der Waals surface area contributed by atoms with Crippen LogP contribution >= 0.6 is 0 Å². The minimum Gasteiger partial charge on any atom is -0.490 e. The standard InChI is InChI=1S/C17H22F2N2O3/c1-5-9-20-16(22)12(3)21(4)11-13-7-8-14(24-17(18)19)15(10-13)23-6-2/h1,7-8,10,12,17H,6,9,11H2,2-4H3,(H,20,22). The molecule has 0 fully saturated rings. The normalized spacial score (nSPS) is 11.9. The summed E-state index contributed by atoms with van der Waals surface area (Å²) in [6.07, 6.45) is 5.11. The van der Waals surface area contributed by atoms with Gasteiger partial charge in [-0.3, -0.25) is 9.69 Å². The molecule has 1 aromatic carbocycles. The van der Waals surface area contributed by atoms with Gasteiger partial charge in [-0.25, -0.2) is 0 Å². The van der Waals surface area contributed by atoms with E-state index in [4.69, 9.17) is 11.2 Å². The molecule has 0 saturated heterocycles. The Bertz CT molecular complexity index is 588. The second-order valence-corrected chi connectivity index (χ2v) is 5.11. The third-order valence-corrected chi connectivity index (χ3v) is 3.36. The number of rotatable bonds is 9. The van der Waals surface area contributed by atoms with Crippen molar-refractivity contribution in [1.82, 2.24) is 10.2 Å². The van der Waals surface area contributed by atoms with Gasteiger partial charge >= 0.3 is 6.61 Å². The van der Waals surface area contributed by atoms with Crippen LogP contribution in [0.2, 0.25) is 0 Å². The quantitative estimate of drug-likeness (QED) is 0.701. The number of amides is 1. The number of ether oxygens (including phenoxy) is 2. The first-order valence-corrected chi connectivity index (χ1v) is 7.51. The Labute approximate surface area is 140 Å². The van der Waals surface area contributed by atoms with E-state index >= 15 is 0 Å². The molecule has 24 heavy (non-hydrogen) atoms. The average molecular weight is 340 g/mol. The number of alkyl halides is 2. The molecular formula is C17H22F2N2O3. The second-order valence-electron chi connectivity index (χ2n) is 5.11. The van der Waals surface area contributed by atoms with E-state index < -0.39 is 12.7 Å². The first-order chi connectivity index (χ1) is 11.4. The number of hydrogen-bond acceptors (Lipinski definition) is 4. The Kier molecular flexibility index (Phi) is 7.99. The van der Waals surface area contributed by atoms with Gasteiger partial charge in [0, 0.05) is 6.54 Å². The van der Waals surface area contributed by atoms with Crippen molar-refractivity contribution in [1.29, 1.82) is 0 Å². The summed E-state index contributed by atoms with van der Waals surface area (Å²) in [7, 11) is 1.78. The van der Waals surface area contributed by atoms with Gasteiger partial charge < -0.3 is 14.8 Å². The van der Waals surface area contributed by atoms with Crippen LogP contribution < -0.4 is 14.8 Å². The van der Waals surface area contributed by atoms with Gasteiger partial charge in [0.25, 0.3) is 0 Å². The van der Waals surface area contributed by atoms with E-state index in [1.807, 2.05) is 4.90 Å². The summed E-state index contributed by atoms with van der Waals surface area (Å²) < 4.78 is 34.6. The van der Waals surface area contributed by atoms with Crippen molar-refractivity contribution >= 4 is 5.91 Å². The highest BCUT2D eigenvalue weighted by Gasteiger charge is 2.18. The lowest BCUT2D eigenvalue weighted by Gasteiger charge is -2.24. The molecule has 0 aliphatic rings. The molecule has 0 saturated carbocycles. The molecule has 132 valence electrons. The summed E-state index contributed by atoms with van der Waals surface area (Å²) in [5, 5.41) is 2.62. The number of carbonyl (C=O) groups is 1. The van der Waals surface area contributed by atoms with Crippen molar-refractivity contribution < 1.29 is 23.0 Å². The van der Waals surface area contributed by atoms with Gasteiger partial charge in [-0.15, -0.1) is 6.42 Å². The molecule has 1 rings (SSSR count). The Balaban J connectivity index is 2.81. The number of hydrogen-bond donors (Lipinski definition) is 1. The van der Waals surface area contributed by atoms with Crippen LogP contribution in [0.4, 0.5) is 8.78 Å². The molecule has 0 radical (unpaired) electrons. The number of benzene rings is 1. The van der Waals surface area contributed by atoms with Crippen molar-refractivity contribution in [3.05, 3.63) is 23.8 Å². The summed E-state index contributed by atoms with van der Waals surface area (Å²) >= 11 is 0. The molecular weight excluding hydrogens is 318 g/mol. The van der Waals surface area contributed by atoms with Crippen LogP contribution in [0.15, 0.2) is 18.2 Å². The maximum absolute atomic E-state index is 12.4. The van der Waals surface area contributed by atoms with Crippen molar-refractivity contribution in [3.63, 3.8) is 0 Å². The van der Waals surface area contributed by atoms with Crippen LogP contribution in [-0.4, -0.2) is 43.7 Å². The molecule has 0 heterocycles. The van der Waals surface area contributed by atoms with Crippen molar-refractivity contribution in [3.8, 4) is 23.8 Å². The van der Waals surface area contributed by atoms with Crippen LogP contribution in [0.5, 0.6) is 11.5 Å². The van der Waals surface area contributed by atoms with Crippen molar-refractivity contribution in [2.45, 2.75) is 33.0 Å². The molecule has 1 unspecified atom stereocenters. The van der Waals surface area contributed by atoms with E-state index in [1.54, 1.807) is 33.0 Å². The van der Waals surface area contributed by atoms with Crippen LogP contribution in [0.3, 0.4) is 0 Å². The Morgan fingerprint density at radius 3 is 2.71 bits per heavy atom. The van der Waals surface area contributed by atoms with E-state index in [-0.39, 0.29) is 24.0 Å². The smallest absolute Gasteiger partial charge is 0.387 e. The van der Waals surface area contributed by atoms with Gasteiger partial charge in [-0.1, -0.05) is 12.0 Å². The molecule has 0 spiro atoms. The number of nitrogens with zero attached hydrogens (tertiary/aromatic N) is 1. The average Bonchev–Trinajstić information content (AvgIpc) is 2.54. The largest absolute Gasteiger partial charge is 0.490 e. The zero-order valence-corrected chi connectivity index (χ0v) is 14.0. The van der Waals surface area contributed by atoms with Gasteiger partial charge in [0.1, 0.15) is 0 Å². The number of likely N-dealkylation sites (N-methyl/N-ethyl adjacent to an activating group) is 1. The van der Waals surface area contributed by atoms with E-state index in [0.717, 1.165) is 5.56 Å². The Hall–Kier alpha value is -2.33. The van der Waals surface area contributed by atoms with Crippen molar-refractivity contribution in [2.24, 2.45) is 0 Å². The maximum atomic E-state index is 12.4. The fourth-order valence-electron chi connectivity index (χ4n) is 2.02. The fourth-order valence-corrected chi connectivity index (χ4v) is 2.02. The highest BCUT2D eigenvalue weighted by atomic mass is 19.3. The summed E-state index contributed by atoms with van der Waals surface area (Å²) in [6.45, 7) is 1.51. The molecule has 1 amide bonds. The predicted octanol–water partition coefficient (Wildman–Crippen LogP) is 2.26. The first-order valence-electron chi connectivity index (χ1n) is 7.51. The molecule has 1 aromatic rings. The summed E-state index contributed by atoms with van der Waals surface area (Å²) in [4.78, 5) is 13.7. The lowest BCUT2D eigenvalue weighted by Crippen LogP contribution is -2.43. The van der Waals surface area contributed by atoms with Crippen LogP contribution in [0.25, 0.3) is 0 Å². The molecule has 0 bridgehead atoms. The monoisotopic (exact) mass is 340 g/mol. The molecule has 5 nitrogen and oxygen atoms in total. The van der Waals surface area contributed by atoms with Gasteiger partial charge in [0.05, 0.1) is 19.2 Å². The van der Waals surface area contributed by atoms with Gasteiger partial charge in [0.2, 0.25) is 5.91 Å². The molecule has 7 heteroatoms. The summed E-state index contributed by atoms with van der Waals surface area (Å²) in [5.74, 6) is 2.39. The lowest BCUT2D eigenvalue weighted by atomic mass is 10.1. The Morgan fingerprint density at radius 2 is 2.12 bits per heavy atom. The minimum atomic E-state index is -2.92. The van der Waals surface area contributed by atoms with Crippen molar-refractivity contribution in [2.75, 3.05) is 20.2 Å². The lowest BCUT2D eigenvalue weighted by molar-refractivity contribution is -0.125. The second kappa shape index (κ2) is 9.73. The van der Waals surface area contributed by atoms with Crippen LogP contribution in [0, 0.1) is 12.3 Å². The zero-order valence-electron chi connectivity index (χ0n) is 14.0. The van der Waals surface area contributed by atoms with E-state index in [2.05, 4.69) is 16.0 Å². The zero-order chi connectivity index (χ0) is 18.1. The third kappa shape index (κ3) is 6.05. The van der Waals surface area contributed by atoms with Crippen LogP contribution in [0.1, 0.15) is 19.4 Å². The molecule has 0 aromatic heterocycles. The highest BCUT2D eigenvalue weighted by molar-refractivity contribution is 5.81. The van der Waals surface area contributed by atoms with Gasteiger partial charge in [0.15, 0.2) is 11.5 Å². The molecule has 0 aliphatic heterocycles. The molecule has 1 N–H and O–H groups in total. The fraction of sp³-hybridized carbons (Fsp3) is 0.471. The topological polar surface area (TPSA) is 50.8 Å². The predicted molar refractivity (Wildman–Crippen MR) is 87.0 cm³/mol. The summed E-state index contributed by atoms with van der Waals surface area (Å²) in [6, 6.07) is 4.32. The van der Waals surface area contributed by atoms with Crippen LogP contribution in [-0.2, 0) is 11.3 Å². The van der Waals surface area contributed by atoms with E-state index in [1.165, 1.54) is 6.07 Å². The van der Waals surface area contributed by atoms with E-state index in [0.29, 0.717) is 13.2 Å². The number of carbonyl (C=O) groups excluding carboxylic acids is 1. The SMILES string of the molecule is C#CCNC(=O)C(C)N(C)Cc1ccc(OC(F)F)c(OCC)c1. The highest BCUT2D eigenvalue weighted by Crippen LogP contribution is 2.30. The van der Waals surface area contributed by atoms with Gasteiger partial charge in [-0.05, 0) is 38.6 Å². The van der Waals surface area contributed by atoms with E-state index in [9.17, 15) is 13.6 Å². The number of terminal acetylenes is 1. The third-order valence-electron chi connectivity index (χ3n) is 3.36. The summed E-state index contributed by atoms with van der Waals surface area (Å²) in [5.41, 5.74) is 0.805. The first kappa shape index (κ1) is 19.7. The maximum Gasteiger partial charge on any atom is 0.387 e. The minimum absolute atomic E-state index is 0.0157. The molecule has 0 aliphatic carbocycles. The number of nitrogens with one attached hydrogen (secondary N) is 1. The Morgan fingerprint density at radius 1 is 1.42 bits per heavy atom.